The van der Waals surface area contributed by atoms with Gasteiger partial charge in [-0.15, -0.1) is 0 Å². The largest absolute Gasteiger partial charge is 0.347 e. The number of imidazole rings is 1. The highest BCUT2D eigenvalue weighted by atomic mass is 16.2. The summed E-state index contributed by atoms with van der Waals surface area (Å²) in [5.74, 6) is 6.42. The highest BCUT2D eigenvalue weighted by Crippen LogP contribution is 2.14. The average molecular weight is 282 g/mol. The van der Waals surface area contributed by atoms with Crippen molar-refractivity contribution in [2.45, 2.75) is 13.5 Å². The molecule has 0 aliphatic heterocycles. The smallest absolute Gasteiger partial charge is 0.255 e. The van der Waals surface area contributed by atoms with Crippen LogP contribution in [0.3, 0.4) is 0 Å². The molecule has 1 aromatic heterocycles. The van der Waals surface area contributed by atoms with Crippen molar-refractivity contribution in [1.29, 1.82) is 0 Å². The maximum Gasteiger partial charge on any atom is 0.255 e. The van der Waals surface area contributed by atoms with Gasteiger partial charge in [-0.3, -0.25) is 4.79 Å². The third-order valence-corrected chi connectivity index (χ3v) is 3.02. The average Bonchev–Trinajstić information content (AvgIpc) is 2.97. The summed E-state index contributed by atoms with van der Waals surface area (Å²) in [4.78, 5) is 21.3. The molecule has 0 atom stereocenters. The fourth-order valence-electron chi connectivity index (χ4n) is 1.98. The van der Waals surface area contributed by atoms with Gasteiger partial charge < -0.3 is 15.6 Å². The van der Waals surface area contributed by atoms with Gasteiger partial charge in [0, 0.05) is 25.0 Å². The summed E-state index contributed by atoms with van der Waals surface area (Å²) in [6, 6.07) is 5.61. The number of carbonyl (C=O) groups excluding carboxylic acids is 1. The second-order valence-electron chi connectivity index (χ2n) is 4.75. The van der Waals surface area contributed by atoms with Gasteiger partial charge in [-0.1, -0.05) is 17.9 Å². The zero-order valence-corrected chi connectivity index (χ0v) is 12.2. The number of aryl methyl sites for hydroxylation is 1. The molecule has 0 aliphatic carbocycles. The van der Waals surface area contributed by atoms with E-state index in [1.165, 1.54) is 0 Å². The van der Waals surface area contributed by atoms with E-state index in [4.69, 9.17) is 5.73 Å². The van der Waals surface area contributed by atoms with Crippen molar-refractivity contribution in [3.63, 3.8) is 0 Å². The maximum atomic E-state index is 12.6. The lowest BCUT2D eigenvalue weighted by molar-refractivity contribution is 0.0781. The summed E-state index contributed by atoms with van der Waals surface area (Å²) in [6.07, 6.45) is 3.40. The Morgan fingerprint density at radius 1 is 1.48 bits per heavy atom. The summed E-state index contributed by atoms with van der Waals surface area (Å²) >= 11 is 0. The van der Waals surface area contributed by atoms with Crippen LogP contribution in [0.15, 0.2) is 30.6 Å². The van der Waals surface area contributed by atoms with Gasteiger partial charge in [0.15, 0.2) is 0 Å². The SMILES string of the molecule is Cc1ccc(C(=O)N(C)Cc2ncc[nH]2)c(C#CCN)c1. The molecular formula is C16H18N4O. The number of hydrogen-bond acceptors (Lipinski definition) is 3. The molecule has 2 aromatic rings. The van der Waals surface area contributed by atoms with Crippen molar-refractivity contribution in [3.8, 4) is 11.8 Å². The van der Waals surface area contributed by atoms with Crippen LogP contribution >= 0.6 is 0 Å². The minimum Gasteiger partial charge on any atom is -0.347 e. The molecule has 0 unspecified atom stereocenters. The van der Waals surface area contributed by atoms with E-state index < -0.39 is 0 Å². The predicted octanol–water partition coefficient (Wildman–Crippen LogP) is 1.30. The Morgan fingerprint density at radius 2 is 2.29 bits per heavy atom. The van der Waals surface area contributed by atoms with E-state index >= 15 is 0 Å². The van der Waals surface area contributed by atoms with Crippen LogP contribution in [-0.2, 0) is 6.54 Å². The molecule has 0 aliphatic rings. The predicted molar refractivity (Wildman–Crippen MR) is 81.5 cm³/mol. The van der Waals surface area contributed by atoms with E-state index in [-0.39, 0.29) is 12.5 Å². The Kier molecular flexibility index (Phi) is 4.75. The number of benzene rings is 1. The molecule has 0 bridgehead atoms. The van der Waals surface area contributed by atoms with Gasteiger partial charge in [0.1, 0.15) is 5.82 Å². The Hall–Kier alpha value is -2.58. The summed E-state index contributed by atoms with van der Waals surface area (Å²) in [7, 11) is 1.74. The molecule has 1 amide bonds. The molecule has 108 valence electrons. The van der Waals surface area contributed by atoms with Crippen LogP contribution in [0.4, 0.5) is 0 Å². The van der Waals surface area contributed by atoms with Crippen molar-refractivity contribution in [2.75, 3.05) is 13.6 Å². The molecule has 2 rings (SSSR count). The molecule has 1 aromatic carbocycles. The molecule has 0 saturated carbocycles. The molecule has 21 heavy (non-hydrogen) atoms. The van der Waals surface area contributed by atoms with Crippen LogP contribution in [0.25, 0.3) is 0 Å². The first kappa shape index (κ1) is 14.8. The van der Waals surface area contributed by atoms with Gasteiger partial charge in [-0.05, 0) is 24.6 Å². The van der Waals surface area contributed by atoms with Crippen molar-refractivity contribution in [1.82, 2.24) is 14.9 Å². The van der Waals surface area contributed by atoms with Crippen LogP contribution < -0.4 is 5.73 Å². The van der Waals surface area contributed by atoms with Crippen LogP contribution in [0.5, 0.6) is 0 Å². The monoisotopic (exact) mass is 282 g/mol. The van der Waals surface area contributed by atoms with Crippen molar-refractivity contribution in [2.24, 2.45) is 5.73 Å². The Labute approximate surface area is 124 Å². The minimum atomic E-state index is -0.0901. The Morgan fingerprint density at radius 3 is 2.95 bits per heavy atom. The van der Waals surface area contributed by atoms with E-state index in [0.717, 1.165) is 11.4 Å². The van der Waals surface area contributed by atoms with Gasteiger partial charge in [0.25, 0.3) is 5.91 Å². The lowest BCUT2D eigenvalue weighted by atomic mass is 10.0. The molecule has 0 spiro atoms. The highest BCUT2D eigenvalue weighted by Gasteiger charge is 2.16. The molecule has 0 radical (unpaired) electrons. The van der Waals surface area contributed by atoms with Gasteiger partial charge in [0.05, 0.1) is 18.7 Å². The number of nitrogens with one attached hydrogen (secondary N) is 1. The van der Waals surface area contributed by atoms with Crippen LogP contribution in [0.2, 0.25) is 0 Å². The van der Waals surface area contributed by atoms with Crippen molar-refractivity contribution >= 4 is 5.91 Å². The molecule has 5 nitrogen and oxygen atoms in total. The highest BCUT2D eigenvalue weighted by molar-refractivity contribution is 5.96. The molecule has 0 fully saturated rings. The van der Waals surface area contributed by atoms with E-state index in [0.29, 0.717) is 17.7 Å². The van der Waals surface area contributed by atoms with Crippen LogP contribution in [-0.4, -0.2) is 34.4 Å². The van der Waals surface area contributed by atoms with Crippen LogP contribution in [0, 0.1) is 18.8 Å². The molecule has 3 N–H and O–H groups in total. The summed E-state index contributed by atoms with van der Waals surface area (Å²) in [6.45, 7) is 2.65. The lowest BCUT2D eigenvalue weighted by Gasteiger charge is -2.17. The number of amides is 1. The fraction of sp³-hybridized carbons (Fsp3) is 0.250. The first-order chi connectivity index (χ1) is 10.1. The third-order valence-electron chi connectivity index (χ3n) is 3.02. The number of nitrogens with zero attached hydrogens (tertiary/aromatic N) is 2. The second-order valence-corrected chi connectivity index (χ2v) is 4.75. The van der Waals surface area contributed by atoms with E-state index in [9.17, 15) is 4.79 Å². The summed E-state index contributed by atoms with van der Waals surface area (Å²) in [5, 5.41) is 0. The lowest BCUT2D eigenvalue weighted by Crippen LogP contribution is -2.27. The first-order valence-electron chi connectivity index (χ1n) is 6.65. The maximum absolute atomic E-state index is 12.6. The normalized spacial score (nSPS) is 9.86. The Balaban J connectivity index is 2.25. The molecule has 5 heteroatoms. The number of aromatic nitrogens is 2. The van der Waals surface area contributed by atoms with Crippen molar-refractivity contribution in [3.05, 3.63) is 53.1 Å². The number of rotatable bonds is 3. The number of nitrogens with two attached hydrogens (primary N) is 1. The second kappa shape index (κ2) is 6.73. The van der Waals surface area contributed by atoms with E-state index in [2.05, 4.69) is 21.8 Å². The first-order valence-corrected chi connectivity index (χ1v) is 6.65. The number of hydrogen-bond donors (Lipinski definition) is 2. The van der Waals surface area contributed by atoms with Gasteiger partial charge in [-0.2, -0.15) is 0 Å². The zero-order valence-electron chi connectivity index (χ0n) is 12.2. The molecule has 1 heterocycles. The van der Waals surface area contributed by atoms with Crippen molar-refractivity contribution < 1.29 is 4.79 Å². The Bertz CT molecular complexity index is 680. The minimum absolute atomic E-state index is 0.0901. The van der Waals surface area contributed by atoms with E-state index in [1.807, 2.05) is 19.1 Å². The van der Waals surface area contributed by atoms with E-state index in [1.54, 1.807) is 30.4 Å². The van der Waals surface area contributed by atoms with Gasteiger partial charge in [-0.25, -0.2) is 4.98 Å². The zero-order chi connectivity index (χ0) is 15.2. The number of aromatic amines is 1. The number of carbonyl (C=O) groups is 1. The van der Waals surface area contributed by atoms with Crippen LogP contribution in [0.1, 0.15) is 27.3 Å². The number of H-pyrrole nitrogens is 1. The third kappa shape index (κ3) is 3.71. The summed E-state index contributed by atoms with van der Waals surface area (Å²) in [5.41, 5.74) is 7.75. The standard InChI is InChI=1S/C16H18N4O/c1-12-5-6-14(13(10-12)4-3-7-17)16(21)20(2)11-15-18-8-9-19-15/h5-6,8-10H,7,11,17H2,1-2H3,(H,18,19). The quantitative estimate of drug-likeness (QED) is 0.833. The fourth-order valence-corrected chi connectivity index (χ4v) is 1.98. The molecule has 0 saturated heterocycles. The summed E-state index contributed by atoms with van der Waals surface area (Å²) < 4.78 is 0. The topological polar surface area (TPSA) is 75.0 Å². The van der Waals surface area contributed by atoms with Gasteiger partial charge in [0.2, 0.25) is 0 Å². The molecular weight excluding hydrogens is 264 g/mol. The van der Waals surface area contributed by atoms with Gasteiger partial charge >= 0.3 is 0 Å².